The van der Waals surface area contributed by atoms with Gasteiger partial charge in [0.25, 0.3) is 5.91 Å². The molecule has 0 bridgehead atoms. The van der Waals surface area contributed by atoms with Crippen molar-refractivity contribution in [2.45, 2.75) is 0 Å². The van der Waals surface area contributed by atoms with Gasteiger partial charge in [0, 0.05) is 22.5 Å². The molecule has 1 amide bonds. The number of benzene rings is 2. The fraction of sp³-hybridized carbons (Fsp3) is 0. The van der Waals surface area contributed by atoms with Crippen molar-refractivity contribution in [2.24, 2.45) is 0 Å². The lowest BCUT2D eigenvalue weighted by Crippen LogP contribution is -2.12. The number of anilines is 1. The molecule has 110 valence electrons. The molecule has 0 spiro atoms. The normalized spacial score (nSPS) is 10.4. The maximum Gasteiger partial charge on any atom is 0.259 e. The highest BCUT2D eigenvalue weighted by Gasteiger charge is 2.12. The average molecular weight is 314 g/mol. The summed E-state index contributed by atoms with van der Waals surface area (Å²) in [4.78, 5) is 12.2. The number of phenolic OH excluding ortho intramolecular Hbond substituents is 1. The Kier molecular flexibility index (Phi) is 3.80. The Balaban J connectivity index is 1.85. The van der Waals surface area contributed by atoms with Crippen LogP contribution in [-0.4, -0.2) is 21.2 Å². The lowest BCUT2D eigenvalue weighted by atomic mass is 10.1. The summed E-state index contributed by atoms with van der Waals surface area (Å²) in [6.45, 7) is 0. The van der Waals surface area contributed by atoms with Gasteiger partial charge in [-0.3, -0.25) is 9.89 Å². The summed E-state index contributed by atoms with van der Waals surface area (Å²) in [5.41, 5.74) is 2.48. The molecule has 0 fully saturated rings. The number of carbonyl (C=O) groups excluding carboxylic acids is 1. The molecule has 3 N–H and O–H groups in total. The van der Waals surface area contributed by atoms with Gasteiger partial charge in [-0.15, -0.1) is 0 Å². The van der Waals surface area contributed by atoms with Gasteiger partial charge in [0.05, 0.1) is 11.3 Å². The van der Waals surface area contributed by atoms with E-state index in [4.69, 9.17) is 11.6 Å². The zero-order chi connectivity index (χ0) is 15.5. The molecule has 6 heteroatoms. The smallest absolute Gasteiger partial charge is 0.259 e. The van der Waals surface area contributed by atoms with Crippen LogP contribution < -0.4 is 5.32 Å². The largest absolute Gasteiger partial charge is 0.507 e. The predicted octanol–water partition coefficient (Wildman–Crippen LogP) is 3.69. The molecule has 0 radical (unpaired) electrons. The van der Waals surface area contributed by atoms with Gasteiger partial charge < -0.3 is 10.4 Å². The third-order valence-corrected chi connectivity index (χ3v) is 3.37. The number of aromatic nitrogens is 2. The van der Waals surface area contributed by atoms with Crippen LogP contribution in [-0.2, 0) is 0 Å². The number of aromatic amines is 1. The quantitative estimate of drug-likeness (QED) is 0.690. The van der Waals surface area contributed by atoms with Crippen molar-refractivity contribution in [3.05, 3.63) is 65.3 Å². The number of carbonyl (C=O) groups is 1. The molecule has 1 heterocycles. The number of amides is 1. The van der Waals surface area contributed by atoms with Crippen LogP contribution in [0, 0.1) is 0 Å². The highest BCUT2D eigenvalue weighted by Crippen LogP contribution is 2.24. The molecule has 3 rings (SSSR count). The number of nitrogens with zero attached hydrogens (tertiary/aromatic N) is 1. The van der Waals surface area contributed by atoms with Gasteiger partial charge in [0.1, 0.15) is 5.75 Å². The first-order valence-electron chi connectivity index (χ1n) is 6.53. The van der Waals surface area contributed by atoms with Crippen molar-refractivity contribution in [1.29, 1.82) is 0 Å². The Morgan fingerprint density at radius 1 is 1.18 bits per heavy atom. The van der Waals surface area contributed by atoms with Crippen molar-refractivity contribution in [1.82, 2.24) is 10.2 Å². The van der Waals surface area contributed by atoms with Crippen LogP contribution in [0.1, 0.15) is 10.4 Å². The SMILES string of the molecule is O=C(Nc1cccc(-c2ccn[nH]2)c1)c1cc(Cl)ccc1O. The number of hydrogen-bond acceptors (Lipinski definition) is 3. The van der Waals surface area contributed by atoms with Gasteiger partial charge in [-0.2, -0.15) is 5.10 Å². The van der Waals surface area contributed by atoms with E-state index >= 15 is 0 Å². The summed E-state index contributed by atoms with van der Waals surface area (Å²) in [6, 6.07) is 13.5. The van der Waals surface area contributed by atoms with Gasteiger partial charge >= 0.3 is 0 Å². The Morgan fingerprint density at radius 2 is 2.05 bits per heavy atom. The van der Waals surface area contributed by atoms with Gasteiger partial charge in [0.2, 0.25) is 0 Å². The van der Waals surface area contributed by atoms with Gasteiger partial charge in [-0.05, 0) is 36.4 Å². The minimum Gasteiger partial charge on any atom is -0.507 e. The number of phenols is 1. The molecule has 1 aromatic heterocycles. The number of H-pyrrole nitrogens is 1. The fourth-order valence-electron chi connectivity index (χ4n) is 2.07. The second-order valence-electron chi connectivity index (χ2n) is 4.67. The molecule has 0 unspecified atom stereocenters. The predicted molar refractivity (Wildman–Crippen MR) is 85.1 cm³/mol. The summed E-state index contributed by atoms with van der Waals surface area (Å²) in [7, 11) is 0. The molecule has 0 aliphatic heterocycles. The highest BCUT2D eigenvalue weighted by atomic mass is 35.5. The van der Waals surface area contributed by atoms with E-state index in [1.54, 1.807) is 12.3 Å². The van der Waals surface area contributed by atoms with Crippen molar-refractivity contribution < 1.29 is 9.90 Å². The van der Waals surface area contributed by atoms with E-state index in [0.717, 1.165) is 11.3 Å². The van der Waals surface area contributed by atoms with Crippen LogP contribution in [0.25, 0.3) is 11.3 Å². The number of hydrogen-bond donors (Lipinski definition) is 3. The maximum atomic E-state index is 12.2. The molecule has 5 nitrogen and oxygen atoms in total. The van der Waals surface area contributed by atoms with Crippen LogP contribution >= 0.6 is 11.6 Å². The van der Waals surface area contributed by atoms with E-state index in [2.05, 4.69) is 15.5 Å². The van der Waals surface area contributed by atoms with Crippen LogP contribution in [0.3, 0.4) is 0 Å². The third kappa shape index (κ3) is 2.94. The minimum atomic E-state index is -0.429. The van der Waals surface area contributed by atoms with E-state index in [1.807, 2.05) is 24.3 Å². The summed E-state index contributed by atoms with van der Waals surface area (Å²) in [6.07, 6.45) is 1.66. The zero-order valence-electron chi connectivity index (χ0n) is 11.4. The third-order valence-electron chi connectivity index (χ3n) is 3.14. The van der Waals surface area contributed by atoms with Crippen molar-refractivity contribution >= 4 is 23.2 Å². The molecule has 0 saturated carbocycles. The van der Waals surface area contributed by atoms with Gasteiger partial charge in [0.15, 0.2) is 0 Å². The van der Waals surface area contributed by atoms with Crippen LogP contribution in [0.2, 0.25) is 5.02 Å². The molecule has 2 aromatic carbocycles. The molecule has 0 aliphatic carbocycles. The molecule has 22 heavy (non-hydrogen) atoms. The zero-order valence-corrected chi connectivity index (χ0v) is 12.1. The molecular weight excluding hydrogens is 302 g/mol. The van der Waals surface area contributed by atoms with E-state index in [-0.39, 0.29) is 11.3 Å². The molecule has 0 atom stereocenters. The second kappa shape index (κ2) is 5.91. The monoisotopic (exact) mass is 313 g/mol. The lowest BCUT2D eigenvalue weighted by molar-refractivity contribution is 0.102. The first-order valence-corrected chi connectivity index (χ1v) is 6.91. The maximum absolute atomic E-state index is 12.2. The molecular formula is C16H12ClN3O2. The number of aromatic hydroxyl groups is 1. The second-order valence-corrected chi connectivity index (χ2v) is 5.10. The van der Waals surface area contributed by atoms with Gasteiger partial charge in [-0.1, -0.05) is 23.7 Å². The summed E-state index contributed by atoms with van der Waals surface area (Å²) < 4.78 is 0. The van der Waals surface area contributed by atoms with Crippen molar-refractivity contribution in [2.75, 3.05) is 5.32 Å². The van der Waals surface area contributed by atoms with Crippen molar-refractivity contribution in [3.63, 3.8) is 0 Å². The Bertz CT molecular complexity index is 816. The topological polar surface area (TPSA) is 78.0 Å². The molecule has 0 saturated heterocycles. The number of rotatable bonds is 3. The van der Waals surface area contributed by atoms with Crippen LogP contribution in [0.5, 0.6) is 5.75 Å². The fourth-order valence-corrected chi connectivity index (χ4v) is 2.24. The lowest BCUT2D eigenvalue weighted by Gasteiger charge is -2.08. The Hall–Kier alpha value is -2.79. The average Bonchev–Trinajstić information content (AvgIpc) is 3.04. The Labute approximate surface area is 131 Å². The van der Waals surface area contributed by atoms with Gasteiger partial charge in [-0.25, -0.2) is 0 Å². The van der Waals surface area contributed by atoms with E-state index < -0.39 is 5.91 Å². The summed E-state index contributed by atoms with van der Waals surface area (Å²) in [5.74, 6) is -0.548. The van der Waals surface area contributed by atoms with E-state index in [0.29, 0.717) is 10.7 Å². The van der Waals surface area contributed by atoms with E-state index in [9.17, 15) is 9.90 Å². The standard InChI is InChI=1S/C16H12ClN3O2/c17-11-4-5-15(21)13(9-11)16(22)19-12-3-1-2-10(8-12)14-6-7-18-20-14/h1-9,21H,(H,18,20)(H,19,22). The number of halogens is 1. The summed E-state index contributed by atoms with van der Waals surface area (Å²) >= 11 is 5.85. The van der Waals surface area contributed by atoms with Crippen LogP contribution in [0.4, 0.5) is 5.69 Å². The van der Waals surface area contributed by atoms with Crippen molar-refractivity contribution in [3.8, 4) is 17.0 Å². The van der Waals surface area contributed by atoms with Crippen LogP contribution in [0.15, 0.2) is 54.7 Å². The highest BCUT2D eigenvalue weighted by molar-refractivity contribution is 6.31. The first kappa shape index (κ1) is 14.2. The first-order chi connectivity index (χ1) is 10.6. The molecule has 0 aliphatic rings. The Morgan fingerprint density at radius 3 is 2.82 bits per heavy atom. The summed E-state index contributed by atoms with van der Waals surface area (Å²) in [5, 5.41) is 19.6. The molecule has 3 aromatic rings. The minimum absolute atomic E-state index is 0.119. The van der Waals surface area contributed by atoms with E-state index in [1.165, 1.54) is 18.2 Å². The number of nitrogens with one attached hydrogen (secondary N) is 2.